The first-order chi connectivity index (χ1) is 9.13. The third-order valence-corrected chi connectivity index (χ3v) is 2.84. The summed E-state index contributed by atoms with van der Waals surface area (Å²) in [5.41, 5.74) is 6.37. The second-order valence-corrected chi connectivity index (χ2v) is 4.26. The van der Waals surface area contributed by atoms with Crippen molar-refractivity contribution in [3.05, 3.63) is 48.2 Å². The Morgan fingerprint density at radius 1 is 1.32 bits per heavy atom. The standard InChI is InChI=1S/C13H13FN4S/c1-2-18(11-6-4-3-5-9(11)14)12-8-16-10(7-17-12)13(15)19/h3-8H,2H2,1H3,(H2,15,19). The van der Waals surface area contributed by atoms with Gasteiger partial charge in [-0.15, -0.1) is 0 Å². The summed E-state index contributed by atoms with van der Waals surface area (Å²) in [6, 6.07) is 6.53. The van der Waals surface area contributed by atoms with E-state index in [1.807, 2.05) is 6.92 Å². The highest BCUT2D eigenvalue weighted by molar-refractivity contribution is 7.80. The van der Waals surface area contributed by atoms with Crippen LogP contribution in [0.5, 0.6) is 0 Å². The van der Waals surface area contributed by atoms with Crippen LogP contribution in [0, 0.1) is 5.82 Å². The average Bonchev–Trinajstić information content (AvgIpc) is 2.42. The Morgan fingerprint density at radius 3 is 2.58 bits per heavy atom. The molecule has 4 nitrogen and oxygen atoms in total. The molecule has 98 valence electrons. The van der Waals surface area contributed by atoms with Crippen molar-refractivity contribution in [2.75, 3.05) is 11.4 Å². The topological polar surface area (TPSA) is 55.0 Å². The molecule has 1 aromatic heterocycles. The summed E-state index contributed by atoms with van der Waals surface area (Å²) in [6.45, 7) is 2.48. The number of benzene rings is 1. The number of aromatic nitrogens is 2. The molecule has 6 heteroatoms. The Morgan fingerprint density at radius 2 is 2.05 bits per heavy atom. The Bertz CT molecular complexity index is 585. The second kappa shape index (κ2) is 5.71. The van der Waals surface area contributed by atoms with E-state index in [0.717, 1.165) is 0 Å². The predicted molar refractivity (Wildman–Crippen MR) is 77.0 cm³/mol. The number of thiocarbonyl (C=S) groups is 1. The van der Waals surface area contributed by atoms with Gasteiger partial charge in [0, 0.05) is 6.54 Å². The molecular weight excluding hydrogens is 263 g/mol. The van der Waals surface area contributed by atoms with Gasteiger partial charge in [0.2, 0.25) is 0 Å². The van der Waals surface area contributed by atoms with Crippen molar-refractivity contribution in [2.45, 2.75) is 6.92 Å². The Hall–Kier alpha value is -2.08. The molecule has 0 aliphatic heterocycles. The second-order valence-electron chi connectivity index (χ2n) is 3.82. The molecule has 0 saturated heterocycles. The molecule has 2 aromatic rings. The first-order valence-corrected chi connectivity index (χ1v) is 6.18. The fourth-order valence-electron chi connectivity index (χ4n) is 1.71. The lowest BCUT2D eigenvalue weighted by Gasteiger charge is -2.22. The molecule has 0 spiro atoms. The number of nitrogens with two attached hydrogens (primary N) is 1. The summed E-state index contributed by atoms with van der Waals surface area (Å²) < 4.78 is 13.8. The van der Waals surface area contributed by atoms with Crippen LogP contribution in [-0.4, -0.2) is 21.5 Å². The molecule has 0 saturated carbocycles. The van der Waals surface area contributed by atoms with Crippen molar-refractivity contribution >= 4 is 28.7 Å². The fraction of sp³-hybridized carbons (Fsp3) is 0.154. The molecule has 2 N–H and O–H groups in total. The SMILES string of the molecule is CCN(c1cnc(C(N)=S)cn1)c1ccccc1F. The zero-order chi connectivity index (χ0) is 13.8. The van der Waals surface area contributed by atoms with Gasteiger partial charge in [-0.3, -0.25) is 0 Å². The molecule has 19 heavy (non-hydrogen) atoms. The normalized spacial score (nSPS) is 10.2. The number of hydrogen-bond donors (Lipinski definition) is 1. The van der Waals surface area contributed by atoms with Gasteiger partial charge in [0.25, 0.3) is 0 Å². The van der Waals surface area contributed by atoms with Crippen LogP contribution in [0.2, 0.25) is 0 Å². The number of nitrogens with zero attached hydrogens (tertiary/aromatic N) is 3. The first-order valence-electron chi connectivity index (χ1n) is 5.77. The maximum absolute atomic E-state index is 13.8. The van der Waals surface area contributed by atoms with Gasteiger partial charge in [-0.1, -0.05) is 24.4 Å². The highest BCUT2D eigenvalue weighted by Crippen LogP contribution is 2.25. The van der Waals surface area contributed by atoms with E-state index in [1.165, 1.54) is 18.5 Å². The molecule has 0 radical (unpaired) electrons. The first kappa shape index (κ1) is 13.4. The average molecular weight is 276 g/mol. The van der Waals surface area contributed by atoms with Crippen molar-refractivity contribution < 1.29 is 4.39 Å². The van der Waals surface area contributed by atoms with E-state index >= 15 is 0 Å². The van der Waals surface area contributed by atoms with Crippen molar-refractivity contribution in [1.29, 1.82) is 0 Å². The summed E-state index contributed by atoms with van der Waals surface area (Å²) in [5.74, 6) is 0.247. The lowest BCUT2D eigenvalue weighted by atomic mass is 10.2. The van der Waals surface area contributed by atoms with Crippen LogP contribution in [0.4, 0.5) is 15.9 Å². The van der Waals surface area contributed by atoms with Crippen molar-refractivity contribution in [3.63, 3.8) is 0 Å². The maximum atomic E-state index is 13.8. The van der Waals surface area contributed by atoms with Crippen LogP contribution in [0.1, 0.15) is 12.6 Å². The van der Waals surface area contributed by atoms with Crippen LogP contribution in [0.25, 0.3) is 0 Å². The molecule has 0 bridgehead atoms. The van der Waals surface area contributed by atoms with Gasteiger partial charge >= 0.3 is 0 Å². The summed E-state index contributed by atoms with van der Waals surface area (Å²) in [5, 5.41) is 0. The molecule has 0 aliphatic carbocycles. The maximum Gasteiger partial charge on any atom is 0.151 e. The molecule has 0 atom stereocenters. The Kier molecular flexibility index (Phi) is 4.01. The molecular formula is C13H13FN4S. The van der Waals surface area contributed by atoms with Crippen LogP contribution in [-0.2, 0) is 0 Å². The monoisotopic (exact) mass is 276 g/mol. The summed E-state index contributed by atoms with van der Waals surface area (Å²) in [4.78, 5) is 10.2. The van der Waals surface area contributed by atoms with Gasteiger partial charge in [0.15, 0.2) is 5.82 Å². The summed E-state index contributed by atoms with van der Waals surface area (Å²) in [7, 11) is 0. The molecule has 1 aromatic carbocycles. The van der Waals surface area contributed by atoms with Gasteiger partial charge in [0.1, 0.15) is 16.5 Å². The van der Waals surface area contributed by atoms with Crippen LogP contribution in [0.3, 0.4) is 0 Å². The van der Waals surface area contributed by atoms with Gasteiger partial charge in [-0.25, -0.2) is 14.4 Å². The zero-order valence-electron chi connectivity index (χ0n) is 10.4. The van der Waals surface area contributed by atoms with E-state index < -0.39 is 0 Å². The van der Waals surface area contributed by atoms with Crippen LogP contribution in [0.15, 0.2) is 36.7 Å². The van der Waals surface area contributed by atoms with Crippen LogP contribution < -0.4 is 10.6 Å². The largest absolute Gasteiger partial charge is 0.388 e. The molecule has 0 amide bonds. The van der Waals surface area contributed by atoms with E-state index in [4.69, 9.17) is 18.0 Å². The van der Waals surface area contributed by atoms with E-state index in [1.54, 1.807) is 23.1 Å². The quantitative estimate of drug-likeness (QED) is 0.869. The minimum Gasteiger partial charge on any atom is -0.388 e. The third-order valence-electron chi connectivity index (χ3n) is 2.63. The van der Waals surface area contributed by atoms with Crippen molar-refractivity contribution in [3.8, 4) is 0 Å². The molecule has 1 heterocycles. The van der Waals surface area contributed by atoms with Crippen molar-refractivity contribution in [1.82, 2.24) is 9.97 Å². The highest BCUT2D eigenvalue weighted by atomic mass is 32.1. The van der Waals surface area contributed by atoms with Crippen molar-refractivity contribution in [2.24, 2.45) is 5.73 Å². The van der Waals surface area contributed by atoms with E-state index in [0.29, 0.717) is 23.7 Å². The number of para-hydroxylation sites is 1. The summed E-state index contributed by atoms with van der Waals surface area (Å²) in [6.07, 6.45) is 3.02. The third kappa shape index (κ3) is 2.85. The van der Waals surface area contributed by atoms with Gasteiger partial charge in [0.05, 0.1) is 18.1 Å². The van der Waals surface area contributed by atoms with Gasteiger partial charge in [-0.05, 0) is 19.1 Å². The Labute approximate surface area is 116 Å². The number of anilines is 2. The zero-order valence-corrected chi connectivity index (χ0v) is 11.2. The lowest BCUT2D eigenvalue weighted by Crippen LogP contribution is -2.20. The van der Waals surface area contributed by atoms with E-state index in [2.05, 4.69) is 9.97 Å². The molecule has 2 rings (SSSR count). The predicted octanol–water partition coefficient (Wildman–Crippen LogP) is 2.41. The van der Waals surface area contributed by atoms with E-state index in [9.17, 15) is 4.39 Å². The smallest absolute Gasteiger partial charge is 0.151 e. The molecule has 0 aliphatic rings. The molecule has 0 unspecified atom stereocenters. The number of halogens is 1. The van der Waals surface area contributed by atoms with Crippen LogP contribution >= 0.6 is 12.2 Å². The lowest BCUT2D eigenvalue weighted by molar-refractivity contribution is 0.625. The number of rotatable bonds is 4. The molecule has 0 fully saturated rings. The fourth-order valence-corrected chi connectivity index (χ4v) is 1.82. The summed E-state index contributed by atoms with van der Waals surface area (Å²) >= 11 is 4.82. The highest BCUT2D eigenvalue weighted by Gasteiger charge is 2.13. The van der Waals surface area contributed by atoms with E-state index in [-0.39, 0.29) is 10.8 Å². The number of hydrogen-bond acceptors (Lipinski definition) is 4. The Balaban J connectivity index is 2.37. The van der Waals surface area contributed by atoms with Gasteiger partial charge < -0.3 is 10.6 Å². The minimum absolute atomic E-state index is 0.188. The van der Waals surface area contributed by atoms with Gasteiger partial charge in [-0.2, -0.15) is 0 Å². The minimum atomic E-state index is -0.301.